The second-order valence-corrected chi connectivity index (χ2v) is 8.13. The smallest absolute Gasteiger partial charge is 0.275 e. The van der Waals surface area contributed by atoms with Gasteiger partial charge in [0.2, 0.25) is 0 Å². The Morgan fingerprint density at radius 3 is 2.50 bits per heavy atom. The molecule has 2 aromatic rings. The first-order valence-electron chi connectivity index (χ1n) is 9.79. The zero-order chi connectivity index (χ0) is 19.5. The van der Waals surface area contributed by atoms with E-state index < -0.39 is 0 Å². The van der Waals surface area contributed by atoms with Crippen LogP contribution in [-0.4, -0.2) is 66.8 Å². The SMILES string of the molecule is Cc1cnc(C(=O)N2CCCC[C@H]2C2CCN(C(=O)c3csnn3)CC2)cn1. The maximum atomic E-state index is 13.0. The number of hydrogen-bond acceptors (Lipinski definition) is 7. The van der Waals surface area contributed by atoms with Gasteiger partial charge in [-0.2, -0.15) is 0 Å². The molecule has 2 amide bonds. The molecule has 0 spiro atoms. The predicted molar refractivity (Wildman–Crippen MR) is 104 cm³/mol. The average molecular weight is 401 g/mol. The van der Waals surface area contributed by atoms with Crippen molar-refractivity contribution in [1.82, 2.24) is 29.4 Å². The summed E-state index contributed by atoms with van der Waals surface area (Å²) in [5.74, 6) is 0.336. The van der Waals surface area contributed by atoms with Gasteiger partial charge < -0.3 is 9.80 Å². The largest absolute Gasteiger partial charge is 0.337 e. The van der Waals surface area contributed by atoms with Crippen molar-refractivity contribution < 1.29 is 9.59 Å². The Balaban J connectivity index is 1.42. The zero-order valence-electron chi connectivity index (χ0n) is 16.0. The van der Waals surface area contributed by atoms with Gasteiger partial charge in [0.1, 0.15) is 5.69 Å². The van der Waals surface area contributed by atoms with Crippen molar-refractivity contribution in [1.29, 1.82) is 0 Å². The Hall–Kier alpha value is -2.42. The number of aryl methyl sites for hydroxylation is 1. The van der Waals surface area contributed by atoms with Crippen molar-refractivity contribution in [3.8, 4) is 0 Å². The molecule has 2 aromatic heterocycles. The molecule has 0 radical (unpaired) electrons. The highest BCUT2D eigenvalue weighted by Gasteiger charge is 2.36. The van der Waals surface area contributed by atoms with Crippen LogP contribution in [0.3, 0.4) is 0 Å². The summed E-state index contributed by atoms with van der Waals surface area (Å²) in [6.45, 7) is 4.03. The number of hydrogen-bond donors (Lipinski definition) is 0. The average Bonchev–Trinajstić information content (AvgIpc) is 3.28. The lowest BCUT2D eigenvalue weighted by atomic mass is 9.83. The third-order valence-electron chi connectivity index (χ3n) is 5.76. The molecule has 2 aliphatic heterocycles. The van der Waals surface area contributed by atoms with E-state index in [1.54, 1.807) is 17.8 Å². The van der Waals surface area contributed by atoms with Gasteiger partial charge in [0.15, 0.2) is 5.69 Å². The van der Waals surface area contributed by atoms with Crippen molar-refractivity contribution in [3.05, 3.63) is 34.9 Å². The van der Waals surface area contributed by atoms with Gasteiger partial charge in [-0.05, 0) is 56.5 Å². The summed E-state index contributed by atoms with van der Waals surface area (Å²) < 4.78 is 3.78. The van der Waals surface area contributed by atoms with Gasteiger partial charge in [0, 0.05) is 37.3 Å². The number of piperidine rings is 2. The monoisotopic (exact) mass is 400 g/mol. The second kappa shape index (κ2) is 8.30. The number of carbonyl (C=O) groups excluding carboxylic acids is 2. The Bertz CT molecular complexity index is 817. The van der Waals surface area contributed by atoms with E-state index in [0.717, 1.165) is 44.3 Å². The molecule has 9 heteroatoms. The summed E-state index contributed by atoms with van der Waals surface area (Å²) in [5, 5.41) is 5.58. The number of likely N-dealkylation sites (tertiary alicyclic amines) is 2. The Morgan fingerprint density at radius 1 is 1.00 bits per heavy atom. The molecule has 0 unspecified atom stereocenters. The summed E-state index contributed by atoms with van der Waals surface area (Å²) in [5.41, 5.74) is 1.65. The number of nitrogens with zero attached hydrogens (tertiary/aromatic N) is 6. The molecule has 28 heavy (non-hydrogen) atoms. The van der Waals surface area contributed by atoms with Gasteiger partial charge in [-0.3, -0.25) is 14.6 Å². The highest BCUT2D eigenvalue weighted by Crippen LogP contribution is 2.31. The second-order valence-electron chi connectivity index (χ2n) is 7.52. The minimum atomic E-state index is -0.0429. The van der Waals surface area contributed by atoms with E-state index in [-0.39, 0.29) is 17.9 Å². The lowest BCUT2D eigenvalue weighted by Gasteiger charge is -2.43. The van der Waals surface area contributed by atoms with E-state index in [1.165, 1.54) is 11.5 Å². The maximum absolute atomic E-state index is 13.0. The first-order valence-corrected chi connectivity index (χ1v) is 10.6. The highest BCUT2D eigenvalue weighted by atomic mass is 32.1. The fourth-order valence-corrected chi connectivity index (χ4v) is 4.69. The van der Waals surface area contributed by atoms with Gasteiger partial charge in [0.25, 0.3) is 11.8 Å². The van der Waals surface area contributed by atoms with Gasteiger partial charge in [-0.1, -0.05) is 4.49 Å². The summed E-state index contributed by atoms with van der Waals surface area (Å²) in [6.07, 6.45) is 8.19. The fourth-order valence-electron chi connectivity index (χ4n) is 4.26. The molecule has 4 rings (SSSR count). The Kier molecular flexibility index (Phi) is 5.61. The summed E-state index contributed by atoms with van der Waals surface area (Å²) in [7, 11) is 0. The van der Waals surface area contributed by atoms with Crippen molar-refractivity contribution in [3.63, 3.8) is 0 Å². The van der Waals surface area contributed by atoms with Crippen LogP contribution < -0.4 is 0 Å². The van der Waals surface area contributed by atoms with E-state index in [1.807, 2.05) is 16.7 Å². The van der Waals surface area contributed by atoms with E-state index in [4.69, 9.17) is 0 Å². The summed E-state index contributed by atoms with van der Waals surface area (Å²) >= 11 is 1.19. The Morgan fingerprint density at radius 2 is 1.82 bits per heavy atom. The molecule has 8 nitrogen and oxygen atoms in total. The topological polar surface area (TPSA) is 92.2 Å². The summed E-state index contributed by atoms with van der Waals surface area (Å²) in [6, 6.07) is 0.211. The molecule has 4 heterocycles. The van der Waals surface area contributed by atoms with Crippen molar-refractivity contribution in [2.45, 2.75) is 45.1 Å². The molecule has 0 saturated carbocycles. The van der Waals surface area contributed by atoms with Gasteiger partial charge >= 0.3 is 0 Å². The van der Waals surface area contributed by atoms with Crippen LogP contribution in [0, 0.1) is 12.8 Å². The number of rotatable bonds is 3. The van der Waals surface area contributed by atoms with Crippen LogP contribution in [0.2, 0.25) is 0 Å². The van der Waals surface area contributed by atoms with Gasteiger partial charge in [-0.25, -0.2) is 4.98 Å². The third-order valence-corrected chi connectivity index (χ3v) is 6.26. The first-order chi connectivity index (χ1) is 13.6. The molecule has 2 fully saturated rings. The highest BCUT2D eigenvalue weighted by molar-refractivity contribution is 7.03. The minimum Gasteiger partial charge on any atom is -0.337 e. The lowest BCUT2D eigenvalue weighted by Crippen LogP contribution is -2.51. The van der Waals surface area contributed by atoms with Crippen LogP contribution in [0.15, 0.2) is 17.8 Å². The standard InChI is InChI=1S/C19H24N6O2S/c1-13-10-21-15(11-20-13)19(27)25-7-3-2-4-17(25)14-5-8-24(9-6-14)18(26)16-12-28-23-22-16/h10-12,14,17H,2-9H2,1H3/t17-/m0/s1. The van der Waals surface area contributed by atoms with Crippen molar-refractivity contribution in [2.75, 3.05) is 19.6 Å². The quantitative estimate of drug-likeness (QED) is 0.784. The lowest BCUT2D eigenvalue weighted by molar-refractivity contribution is 0.0369. The number of amides is 2. The van der Waals surface area contributed by atoms with E-state index >= 15 is 0 Å². The predicted octanol–water partition coefficient (Wildman–Crippen LogP) is 2.18. The molecule has 0 N–H and O–H groups in total. The fraction of sp³-hybridized carbons (Fsp3) is 0.579. The Labute approximate surface area is 168 Å². The molecule has 148 valence electrons. The maximum Gasteiger partial charge on any atom is 0.275 e. The van der Waals surface area contributed by atoms with Crippen molar-refractivity contribution in [2.24, 2.45) is 5.92 Å². The number of aromatic nitrogens is 4. The third kappa shape index (κ3) is 3.89. The van der Waals surface area contributed by atoms with Crippen LogP contribution in [0.5, 0.6) is 0 Å². The van der Waals surface area contributed by atoms with E-state index in [9.17, 15) is 9.59 Å². The normalized spacial score (nSPS) is 21.0. The summed E-state index contributed by atoms with van der Waals surface area (Å²) in [4.78, 5) is 37.9. The minimum absolute atomic E-state index is 0.0238. The van der Waals surface area contributed by atoms with E-state index in [0.29, 0.717) is 30.4 Å². The van der Waals surface area contributed by atoms with Crippen LogP contribution in [0.25, 0.3) is 0 Å². The molecule has 1 atom stereocenters. The molecule has 0 bridgehead atoms. The van der Waals surface area contributed by atoms with Gasteiger partial charge in [0.05, 0.1) is 11.9 Å². The molecule has 0 aromatic carbocycles. The van der Waals surface area contributed by atoms with Crippen molar-refractivity contribution >= 4 is 23.3 Å². The first kappa shape index (κ1) is 18.9. The molecular formula is C19H24N6O2S. The van der Waals surface area contributed by atoms with E-state index in [2.05, 4.69) is 19.6 Å². The van der Waals surface area contributed by atoms with Crippen LogP contribution in [-0.2, 0) is 0 Å². The van der Waals surface area contributed by atoms with Crippen LogP contribution >= 0.6 is 11.5 Å². The molecular weight excluding hydrogens is 376 g/mol. The van der Waals surface area contributed by atoms with Crippen LogP contribution in [0.4, 0.5) is 0 Å². The molecule has 2 aliphatic rings. The zero-order valence-corrected chi connectivity index (χ0v) is 16.8. The molecule has 0 aliphatic carbocycles. The van der Waals surface area contributed by atoms with Gasteiger partial charge in [-0.15, -0.1) is 5.10 Å². The number of carbonyl (C=O) groups is 2. The van der Waals surface area contributed by atoms with Crippen LogP contribution in [0.1, 0.15) is 58.8 Å². The molecule has 2 saturated heterocycles.